The van der Waals surface area contributed by atoms with E-state index in [2.05, 4.69) is 53.2 Å². The maximum atomic E-state index is 14.4. The molecule has 12 heteroatoms. The lowest BCUT2D eigenvalue weighted by Gasteiger charge is -2.53. The Kier molecular flexibility index (Phi) is 6.53. The number of hydrogen-bond donors (Lipinski definition) is 2. The number of aromatic nitrogens is 2. The van der Waals surface area contributed by atoms with Crippen LogP contribution in [0.5, 0.6) is 0 Å². The van der Waals surface area contributed by atoms with Crippen LogP contribution in [0, 0.1) is 5.82 Å². The number of nitrogens with zero attached hydrogens (tertiary/aromatic N) is 3. The normalized spacial score (nSPS) is 19.2. The van der Waals surface area contributed by atoms with Crippen molar-refractivity contribution in [2.45, 2.75) is 70.0 Å². The highest BCUT2D eigenvalue weighted by Crippen LogP contribution is 2.39. The minimum atomic E-state index is -5.00. The van der Waals surface area contributed by atoms with Gasteiger partial charge in [0.15, 0.2) is 11.6 Å². The highest BCUT2D eigenvalue weighted by molar-refractivity contribution is 5.58. The number of piperidine rings is 1. The van der Waals surface area contributed by atoms with E-state index in [1.807, 2.05) is 7.05 Å². The third kappa shape index (κ3) is 5.70. The number of benzene rings is 1. The molecule has 188 valence electrons. The van der Waals surface area contributed by atoms with E-state index in [9.17, 15) is 30.7 Å². The van der Waals surface area contributed by atoms with Crippen molar-refractivity contribution in [3.05, 3.63) is 41.3 Å². The number of nitrogens with one attached hydrogen (secondary N) is 2. The Labute approximate surface area is 192 Å². The van der Waals surface area contributed by atoms with Gasteiger partial charge in [-0.15, -0.1) is 0 Å². The summed E-state index contributed by atoms with van der Waals surface area (Å²) in [6.45, 7) is 8.21. The summed E-state index contributed by atoms with van der Waals surface area (Å²) >= 11 is 0. The van der Waals surface area contributed by atoms with Gasteiger partial charge in [0.2, 0.25) is 5.95 Å². The fourth-order valence-corrected chi connectivity index (χ4v) is 4.35. The Balaban J connectivity index is 1.89. The minimum Gasteiger partial charge on any atom is -0.365 e. The van der Waals surface area contributed by atoms with Gasteiger partial charge in [0.1, 0.15) is 0 Å². The second kappa shape index (κ2) is 8.54. The van der Waals surface area contributed by atoms with Gasteiger partial charge in [0.05, 0.1) is 17.3 Å². The molecule has 0 unspecified atom stereocenters. The highest BCUT2D eigenvalue weighted by Gasteiger charge is 2.43. The van der Waals surface area contributed by atoms with Gasteiger partial charge in [0.25, 0.3) is 0 Å². The molecule has 3 rings (SSSR count). The molecule has 2 heterocycles. The second-order valence-electron chi connectivity index (χ2n) is 9.74. The van der Waals surface area contributed by atoms with E-state index in [-0.39, 0.29) is 35.0 Å². The maximum absolute atomic E-state index is 14.4. The molecule has 1 fully saturated rings. The van der Waals surface area contributed by atoms with E-state index in [1.165, 1.54) is 0 Å². The lowest BCUT2D eigenvalue weighted by Crippen LogP contribution is -2.61. The third-order valence-corrected chi connectivity index (χ3v) is 6.24. The average molecular weight is 493 g/mol. The maximum Gasteiger partial charge on any atom is 0.416 e. The SMILES string of the molecule is CN1C(C)(C)CC(Nc2nc(Nc3cc(C(F)(F)F)cc(C(F)(F)F)c3)ncc2F)CC1(C)C. The smallest absolute Gasteiger partial charge is 0.365 e. The van der Waals surface area contributed by atoms with Crippen molar-refractivity contribution in [3.63, 3.8) is 0 Å². The van der Waals surface area contributed by atoms with Crippen molar-refractivity contribution in [2.75, 3.05) is 17.7 Å². The molecule has 0 amide bonds. The molecule has 1 aliphatic rings. The molecule has 0 aliphatic carbocycles. The summed E-state index contributed by atoms with van der Waals surface area (Å²) < 4.78 is 93.1. The Morgan fingerprint density at radius 3 is 1.88 bits per heavy atom. The molecule has 0 saturated carbocycles. The first kappa shape index (κ1) is 26.0. The molecular weight excluding hydrogens is 467 g/mol. The summed E-state index contributed by atoms with van der Waals surface area (Å²) in [5, 5.41) is 5.36. The van der Waals surface area contributed by atoms with Crippen LogP contribution in [0.25, 0.3) is 0 Å². The van der Waals surface area contributed by atoms with Crippen molar-refractivity contribution in [2.24, 2.45) is 0 Å². The predicted octanol–water partition coefficient (Wildman–Crippen LogP) is 6.46. The molecule has 34 heavy (non-hydrogen) atoms. The Morgan fingerprint density at radius 1 is 0.912 bits per heavy atom. The number of halogens is 7. The quantitative estimate of drug-likeness (QED) is 0.479. The van der Waals surface area contributed by atoms with Crippen LogP contribution >= 0.6 is 0 Å². The van der Waals surface area contributed by atoms with Gasteiger partial charge < -0.3 is 10.6 Å². The largest absolute Gasteiger partial charge is 0.416 e. The van der Waals surface area contributed by atoms with Crippen LogP contribution < -0.4 is 10.6 Å². The van der Waals surface area contributed by atoms with Gasteiger partial charge in [-0.25, -0.2) is 9.37 Å². The van der Waals surface area contributed by atoms with Gasteiger partial charge in [-0.2, -0.15) is 31.3 Å². The highest BCUT2D eigenvalue weighted by atomic mass is 19.4. The van der Waals surface area contributed by atoms with Gasteiger partial charge in [-0.05, 0) is 65.8 Å². The number of anilines is 3. The van der Waals surface area contributed by atoms with E-state index < -0.39 is 35.0 Å². The number of alkyl halides is 6. The van der Waals surface area contributed by atoms with Crippen LogP contribution in [-0.2, 0) is 12.4 Å². The van der Waals surface area contributed by atoms with Crippen LogP contribution in [0.2, 0.25) is 0 Å². The molecule has 1 aliphatic heterocycles. The minimum absolute atomic E-state index is 0.0211. The lowest BCUT2D eigenvalue weighted by atomic mass is 9.77. The van der Waals surface area contributed by atoms with E-state index in [1.54, 1.807) is 0 Å². The Bertz CT molecular complexity index is 997. The van der Waals surface area contributed by atoms with Crippen LogP contribution in [0.1, 0.15) is 51.7 Å². The van der Waals surface area contributed by atoms with E-state index >= 15 is 0 Å². The molecule has 2 aromatic rings. The van der Waals surface area contributed by atoms with Gasteiger partial charge in [-0.3, -0.25) is 4.90 Å². The molecule has 5 nitrogen and oxygen atoms in total. The van der Waals surface area contributed by atoms with Gasteiger partial charge in [0, 0.05) is 22.8 Å². The average Bonchev–Trinajstić information content (AvgIpc) is 2.66. The number of rotatable bonds is 4. The van der Waals surface area contributed by atoms with E-state index in [0.29, 0.717) is 25.0 Å². The van der Waals surface area contributed by atoms with Crippen LogP contribution in [-0.4, -0.2) is 39.0 Å². The van der Waals surface area contributed by atoms with Crippen molar-refractivity contribution < 1.29 is 30.7 Å². The van der Waals surface area contributed by atoms with E-state index in [4.69, 9.17) is 0 Å². The van der Waals surface area contributed by atoms with Crippen LogP contribution in [0.3, 0.4) is 0 Å². The Morgan fingerprint density at radius 2 is 1.41 bits per heavy atom. The van der Waals surface area contributed by atoms with Crippen molar-refractivity contribution in [3.8, 4) is 0 Å². The van der Waals surface area contributed by atoms with Gasteiger partial charge in [-0.1, -0.05) is 0 Å². The first-order valence-electron chi connectivity index (χ1n) is 10.5. The first-order chi connectivity index (χ1) is 15.4. The summed E-state index contributed by atoms with van der Waals surface area (Å²) in [4.78, 5) is 9.88. The summed E-state index contributed by atoms with van der Waals surface area (Å²) in [6, 6.07) is 0.866. The fraction of sp³-hybridized carbons (Fsp3) is 0.545. The predicted molar refractivity (Wildman–Crippen MR) is 114 cm³/mol. The number of likely N-dealkylation sites (tertiary alicyclic amines) is 1. The van der Waals surface area contributed by atoms with Crippen molar-refractivity contribution in [1.82, 2.24) is 14.9 Å². The van der Waals surface area contributed by atoms with Crippen LogP contribution in [0.4, 0.5) is 48.2 Å². The third-order valence-electron chi connectivity index (χ3n) is 6.24. The zero-order chi connectivity index (χ0) is 25.7. The molecule has 1 saturated heterocycles. The topological polar surface area (TPSA) is 53.1 Å². The van der Waals surface area contributed by atoms with Crippen LogP contribution in [0.15, 0.2) is 24.4 Å². The second-order valence-corrected chi connectivity index (χ2v) is 9.74. The molecule has 2 N–H and O–H groups in total. The van der Waals surface area contributed by atoms with Crippen molar-refractivity contribution >= 4 is 17.5 Å². The molecule has 0 spiro atoms. The summed E-state index contributed by atoms with van der Waals surface area (Å²) in [5.41, 5.74) is -3.92. The fourth-order valence-electron chi connectivity index (χ4n) is 4.35. The summed E-state index contributed by atoms with van der Waals surface area (Å²) in [5.74, 6) is -1.33. The van der Waals surface area contributed by atoms with E-state index in [0.717, 1.165) is 6.20 Å². The Hall–Kier alpha value is -2.63. The summed E-state index contributed by atoms with van der Waals surface area (Å²) in [7, 11) is 2.01. The zero-order valence-electron chi connectivity index (χ0n) is 19.3. The summed E-state index contributed by atoms with van der Waals surface area (Å²) in [6.07, 6.45) is -7.88. The molecule has 1 aromatic heterocycles. The zero-order valence-corrected chi connectivity index (χ0v) is 19.3. The van der Waals surface area contributed by atoms with Crippen molar-refractivity contribution in [1.29, 1.82) is 0 Å². The molecule has 0 bridgehead atoms. The molecule has 0 atom stereocenters. The monoisotopic (exact) mass is 493 g/mol. The first-order valence-corrected chi connectivity index (χ1v) is 10.5. The molecule has 0 radical (unpaired) electrons. The van der Waals surface area contributed by atoms with Gasteiger partial charge >= 0.3 is 12.4 Å². The molecular formula is C22H26F7N5. The lowest BCUT2D eigenvalue weighted by molar-refractivity contribution is -0.143. The standard InChI is InChI=1S/C22H26F7N5/c1-19(2)9-15(10-20(3,4)34(19)5)31-17-16(23)11-30-18(33-17)32-14-7-12(21(24,25)26)6-13(8-14)22(27,28)29/h6-8,11,15H,9-10H2,1-5H3,(H2,30,31,32,33). The molecule has 1 aromatic carbocycles. The number of hydrogen-bond acceptors (Lipinski definition) is 5.